The Balaban J connectivity index is 1.56. The Morgan fingerprint density at radius 2 is 1.80 bits per heavy atom. The van der Waals surface area contributed by atoms with Gasteiger partial charge < -0.3 is 19.5 Å². The van der Waals surface area contributed by atoms with Crippen molar-refractivity contribution in [1.82, 2.24) is 19.5 Å². The molecule has 2 aromatic rings. The van der Waals surface area contributed by atoms with E-state index in [0.29, 0.717) is 12.1 Å². The van der Waals surface area contributed by atoms with Crippen LogP contribution in [0, 0.1) is 0 Å². The van der Waals surface area contributed by atoms with Crippen molar-refractivity contribution in [3.63, 3.8) is 0 Å². The molecule has 2 aliphatic carbocycles. The first kappa shape index (κ1) is 15.4. The Morgan fingerprint density at radius 1 is 1.00 bits per heavy atom. The van der Waals surface area contributed by atoms with E-state index in [1.807, 2.05) is 6.33 Å². The first-order valence-electron chi connectivity index (χ1n) is 9.72. The van der Waals surface area contributed by atoms with Gasteiger partial charge in [-0.3, -0.25) is 0 Å². The van der Waals surface area contributed by atoms with Crippen molar-refractivity contribution < 1.29 is 4.74 Å². The lowest BCUT2D eigenvalue weighted by Crippen LogP contribution is -2.37. The molecule has 1 aliphatic heterocycles. The summed E-state index contributed by atoms with van der Waals surface area (Å²) in [5, 5.41) is 3.57. The van der Waals surface area contributed by atoms with Crippen molar-refractivity contribution in [1.29, 1.82) is 0 Å². The van der Waals surface area contributed by atoms with Crippen LogP contribution in [0.3, 0.4) is 0 Å². The highest BCUT2D eigenvalue weighted by Crippen LogP contribution is 2.33. The summed E-state index contributed by atoms with van der Waals surface area (Å²) in [6, 6.07) is 1.08. The Bertz CT molecular complexity index is 743. The van der Waals surface area contributed by atoms with Gasteiger partial charge in [0.25, 0.3) is 0 Å². The van der Waals surface area contributed by atoms with Crippen LogP contribution in [0.2, 0.25) is 0 Å². The van der Waals surface area contributed by atoms with Gasteiger partial charge in [0.2, 0.25) is 5.95 Å². The van der Waals surface area contributed by atoms with Gasteiger partial charge in [-0.2, -0.15) is 9.97 Å². The van der Waals surface area contributed by atoms with E-state index in [1.54, 1.807) is 0 Å². The van der Waals surface area contributed by atoms with Gasteiger partial charge in [-0.25, -0.2) is 4.98 Å². The molecule has 0 amide bonds. The normalized spacial score (nSPS) is 22.5. The Kier molecular flexibility index (Phi) is 3.96. The number of hydrogen-bond donors (Lipinski definition) is 1. The predicted molar refractivity (Wildman–Crippen MR) is 97.1 cm³/mol. The zero-order valence-corrected chi connectivity index (χ0v) is 14.7. The zero-order valence-electron chi connectivity index (χ0n) is 14.7. The molecule has 5 rings (SSSR count). The van der Waals surface area contributed by atoms with E-state index in [1.165, 1.54) is 44.9 Å². The molecular formula is C18H26N6O. The quantitative estimate of drug-likeness (QED) is 0.921. The summed E-state index contributed by atoms with van der Waals surface area (Å²) < 4.78 is 7.79. The second kappa shape index (κ2) is 6.44. The van der Waals surface area contributed by atoms with Crippen LogP contribution < -0.4 is 10.2 Å². The maximum absolute atomic E-state index is 5.49. The molecule has 7 heteroatoms. The van der Waals surface area contributed by atoms with Crippen molar-refractivity contribution in [2.24, 2.45) is 0 Å². The van der Waals surface area contributed by atoms with Gasteiger partial charge in [0.1, 0.15) is 0 Å². The predicted octanol–water partition coefficient (Wildman–Crippen LogP) is 2.74. The van der Waals surface area contributed by atoms with Crippen LogP contribution in [0.1, 0.15) is 51.0 Å². The topological polar surface area (TPSA) is 68.1 Å². The molecule has 7 nitrogen and oxygen atoms in total. The number of rotatable bonds is 4. The van der Waals surface area contributed by atoms with E-state index in [2.05, 4.69) is 14.8 Å². The number of ether oxygens (including phenoxy) is 1. The second-order valence-electron chi connectivity index (χ2n) is 7.51. The summed E-state index contributed by atoms with van der Waals surface area (Å²) in [7, 11) is 0. The van der Waals surface area contributed by atoms with Crippen LogP contribution in [0.25, 0.3) is 11.2 Å². The first-order chi connectivity index (χ1) is 12.4. The van der Waals surface area contributed by atoms with Crippen molar-refractivity contribution in [2.45, 2.75) is 57.0 Å². The molecule has 1 N–H and O–H groups in total. The summed E-state index contributed by atoms with van der Waals surface area (Å²) in [4.78, 5) is 16.7. The summed E-state index contributed by atoms with van der Waals surface area (Å²) in [6.07, 6.45) is 10.9. The van der Waals surface area contributed by atoms with Gasteiger partial charge in [-0.1, -0.05) is 19.3 Å². The van der Waals surface area contributed by atoms with Crippen molar-refractivity contribution in [2.75, 3.05) is 36.5 Å². The van der Waals surface area contributed by atoms with Gasteiger partial charge in [0.15, 0.2) is 17.0 Å². The fourth-order valence-corrected chi connectivity index (χ4v) is 3.96. The SMILES string of the molecule is c1nc2c(NC3CC3)nc(N3CCOCC3)nc2n1C1CCCCC1. The van der Waals surface area contributed by atoms with Crippen LogP contribution in [-0.4, -0.2) is 51.9 Å². The van der Waals surface area contributed by atoms with Crippen molar-refractivity contribution in [3.8, 4) is 0 Å². The van der Waals surface area contributed by atoms with E-state index in [4.69, 9.17) is 19.7 Å². The molecular weight excluding hydrogens is 316 g/mol. The summed E-state index contributed by atoms with van der Waals surface area (Å²) in [5.41, 5.74) is 1.92. The number of aromatic nitrogens is 4. The van der Waals surface area contributed by atoms with E-state index >= 15 is 0 Å². The maximum atomic E-state index is 5.49. The second-order valence-corrected chi connectivity index (χ2v) is 7.51. The average molecular weight is 342 g/mol. The van der Waals surface area contributed by atoms with Crippen molar-refractivity contribution >= 4 is 22.9 Å². The minimum Gasteiger partial charge on any atom is -0.378 e. The minimum atomic E-state index is 0.528. The Labute approximate surface area is 147 Å². The lowest BCUT2D eigenvalue weighted by Gasteiger charge is -2.27. The van der Waals surface area contributed by atoms with Crippen LogP contribution >= 0.6 is 0 Å². The number of morpholine rings is 1. The van der Waals surface area contributed by atoms with Gasteiger partial charge >= 0.3 is 0 Å². The highest BCUT2D eigenvalue weighted by Gasteiger charge is 2.27. The summed E-state index contributed by atoms with van der Waals surface area (Å²) in [5.74, 6) is 1.72. The molecule has 134 valence electrons. The summed E-state index contributed by atoms with van der Waals surface area (Å²) >= 11 is 0. The number of imidazole rings is 1. The number of nitrogens with zero attached hydrogens (tertiary/aromatic N) is 5. The molecule has 0 spiro atoms. The highest BCUT2D eigenvalue weighted by molar-refractivity contribution is 5.84. The molecule has 0 atom stereocenters. The van der Waals surface area contributed by atoms with E-state index < -0.39 is 0 Å². The van der Waals surface area contributed by atoms with Crippen LogP contribution in [0.4, 0.5) is 11.8 Å². The average Bonchev–Trinajstić information content (AvgIpc) is 3.38. The van der Waals surface area contributed by atoms with Crippen molar-refractivity contribution in [3.05, 3.63) is 6.33 Å². The number of fused-ring (bicyclic) bond motifs is 1. The van der Waals surface area contributed by atoms with Gasteiger partial charge in [-0.15, -0.1) is 0 Å². The van der Waals surface area contributed by atoms with Crippen LogP contribution in [0.15, 0.2) is 6.33 Å². The number of nitrogens with one attached hydrogen (secondary N) is 1. The molecule has 2 saturated carbocycles. The first-order valence-corrected chi connectivity index (χ1v) is 9.72. The molecule has 0 aromatic carbocycles. The molecule has 3 aliphatic rings. The Morgan fingerprint density at radius 3 is 2.56 bits per heavy atom. The lowest BCUT2D eigenvalue weighted by atomic mass is 9.95. The van der Waals surface area contributed by atoms with E-state index in [-0.39, 0.29) is 0 Å². The van der Waals surface area contributed by atoms with Crippen LogP contribution in [-0.2, 0) is 4.74 Å². The number of hydrogen-bond acceptors (Lipinski definition) is 6. The summed E-state index contributed by atoms with van der Waals surface area (Å²) in [6.45, 7) is 3.20. The maximum Gasteiger partial charge on any atom is 0.229 e. The zero-order chi connectivity index (χ0) is 16.6. The molecule has 2 aromatic heterocycles. The van der Waals surface area contributed by atoms with Crippen LogP contribution in [0.5, 0.6) is 0 Å². The van der Waals surface area contributed by atoms with E-state index in [9.17, 15) is 0 Å². The number of anilines is 2. The third-order valence-electron chi connectivity index (χ3n) is 5.59. The smallest absolute Gasteiger partial charge is 0.229 e. The molecule has 0 unspecified atom stereocenters. The molecule has 1 saturated heterocycles. The molecule has 3 heterocycles. The van der Waals surface area contributed by atoms with E-state index in [0.717, 1.165) is 49.2 Å². The minimum absolute atomic E-state index is 0.528. The molecule has 0 radical (unpaired) electrons. The highest BCUT2D eigenvalue weighted by atomic mass is 16.5. The molecule has 0 bridgehead atoms. The van der Waals surface area contributed by atoms with Gasteiger partial charge in [0.05, 0.1) is 19.5 Å². The van der Waals surface area contributed by atoms with Gasteiger partial charge in [-0.05, 0) is 25.7 Å². The largest absolute Gasteiger partial charge is 0.378 e. The van der Waals surface area contributed by atoms with Gasteiger partial charge in [0, 0.05) is 25.2 Å². The third kappa shape index (κ3) is 3.05. The standard InChI is InChI=1S/C18H26N6O/c1-2-4-14(5-3-1)24-12-19-15-16(20-13-6-7-13)21-18(22-17(15)24)23-8-10-25-11-9-23/h12-14H,1-11H2,(H,20,21,22). The fraction of sp³-hybridized carbons (Fsp3) is 0.722. The fourth-order valence-electron chi connectivity index (χ4n) is 3.96. The molecule has 25 heavy (non-hydrogen) atoms. The lowest BCUT2D eigenvalue weighted by molar-refractivity contribution is 0.122. The monoisotopic (exact) mass is 342 g/mol. The Hall–Kier alpha value is -1.89. The third-order valence-corrected chi connectivity index (χ3v) is 5.59. The molecule has 3 fully saturated rings.